The number of nitrogens with zero attached hydrogens (tertiary/aromatic N) is 1. The molecule has 0 amide bonds. The lowest BCUT2D eigenvalue weighted by atomic mass is 10.00. The number of ketones is 1. The molecule has 0 spiro atoms. The van der Waals surface area contributed by atoms with Gasteiger partial charge in [-0.2, -0.15) is 0 Å². The number of ether oxygens (including phenoxy) is 1. The second-order valence-electron chi connectivity index (χ2n) is 3.79. The number of Topliss-reactive ketones (excluding diaryl/α,β-unsaturated/α-hetero) is 1. The van der Waals surface area contributed by atoms with Gasteiger partial charge in [-0.3, -0.25) is 4.79 Å². The minimum atomic E-state index is 0.0152. The summed E-state index contributed by atoms with van der Waals surface area (Å²) in [7, 11) is 0. The number of H-pyrrole nitrogens is 1. The number of rotatable bonds is 1. The smallest absolute Gasteiger partial charge is 0.196 e. The van der Waals surface area contributed by atoms with Crippen LogP contribution in [0.4, 0.5) is 0 Å². The number of hydrogen-bond acceptors (Lipinski definition) is 3. The van der Waals surface area contributed by atoms with Gasteiger partial charge in [0.25, 0.3) is 0 Å². The van der Waals surface area contributed by atoms with Gasteiger partial charge in [0.1, 0.15) is 12.4 Å². The summed E-state index contributed by atoms with van der Waals surface area (Å²) in [6, 6.07) is 7.27. The van der Waals surface area contributed by atoms with Crippen LogP contribution in [0.5, 0.6) is 5.75 Å². The Bertz CT molecular complexity index is 585. The summed E-state index contributed by atoms with van der Waals surface area (Å²) in [6.07, 6.45) is 5.01. The molecule has 0 unspecified atom stereocenters. The second-order valence-corrected chi connectivity index (χ2v) is 3.79. The number of benzene rings is 1. The van der Waals surface area contributed by atoms with Gasteiger partial charge in [-0.1, -0.05) is 12.1 Å². The Hall–Kier alpha value is -2.36. The molecule has 0 aliphatic carbocycles. The van der Waals surface area contributed by atoms with Crippen LogP contribution in [-0.2, 0) is 0 Å². The van der Waals surface area contributed by atoms with Crippen molar-refractivity contribution >= 4 is 11.9 Å². The fourth-order valence-electron chi connectivity index (χ4n) is 1.81. The topological polar surface area (TPSA) is 55.0 Å². The Kier molecular flexibility index (Phi) is 2.26. The summed E-state index contributed by atoms with van der Waals surface area (Å²) in [4.78, 5) is 19.0. The van der Waals surface area contributed by atoms with Crippen LogP contribution in [0.3, 0.4) is 0 Å². The van der Waals surface area contributed by atoms with Gasteiger partial charge in [-0.25, -0.2) is 4.98 Å². The molecular formula is C13H10N2O2. The largest absolute Gasteiger partial charge is 0.488 e. The molecule has 0 saturated heterocycles. The highest BCUT2D eigenvalue weighted by Crippen LogP contribution is 2.27. The third-order valence-electron chi connectivity index (χ3n) is 2.66. The van der Waals surface area contributed by atoms with Crippen molar-refractivity contribution in [1.82, 2.24) is 9.97 Å². The van der Waals surface area contributed by atoms with Gasteiger partial charge in [0.05, 0.1) is 23.8 Å². The zero-order valence-electron chi connectivity index (χ0n) is 9.01. The number of aromatic amines is 1. The van der Waals surface area contributed by atoms with Crippen LogP contribution < -0.4 is 4.74 Å². The van der Waals surface area contributed by atoms with E-state index in [4.69, 9.17) is 4.74 Å². The van der Waals surface area contributed by atoms with Crippen LogP contribution >= 0.6 is 0 Å². The standard InChI is InChI=1S/C13H10N2O2/c16-13-9(5-10-6-14-8-15-10)7-17-12-4-2-1-3-11(12)13/h1-6,8H,7H2,(H,14,15)/b9-5-. The van der Waals surface area contributed by atoms with E-state index in [2.05, 4.69) is 9.97 Å². The van der Waals surface area contributed by atoms with E-state index in [-0.39, 0.29) is 5.78 Å². The van der Waals surface area contributed by atoms with Crippen molar-refractivity contribution in [1.29, 1.82) is 0 Å². The average Bonchev–Trinajstić information content (AvgIpc) is 2.86. The van der Waals surface area contributed by atoms with Crippen molar-refractivity contribution in [2.24, 2.45) is 0 Å². The molecule has 0 saturated carbocycles. The van der Waals surface area contributed by atoms with E-state index in [1.807, 2.05) is 12.1 Å². The molecule has 1 aliphatic heterocycles. The van der Waals surface area contributed by atoms with Crippen molar-refractivity contribution in [2.45, 2.75) is 0 Å². The lowest BCUT2D eigenvalue weighted by Crippen LogP contribution is -2.18. The van der Waals surface area contributed by atoms with Gasteiger partial charge < -0.3 is 9.72 Å². The summed E-state index contributed by atoms with van der Waals surface area (Å²) < 4.78 is 5.53. The molecule has 2 heterocycles. The summed E-state index contributed by atoms with van der Waals surface area (Å²) in [6.45, 7) is 0.300. The van der Waals surface area contributed by atoms with Gasteiger partial charge in [0.15, 0.2) is 5.78 Å². The zero-order valence-corrected chi connectivity index (χ0v) is 9.01. The number of imidazole rings is 1. The van der Waals surface area contributed by atoms with Crippen molar-refractivity contribution in [3.8, 4) is 5.75 Å². The Morgan fingerprint density at radius 1 is 1.35 bits per heavy atom. The molecule has 84 valence electrons. The van der Waals surface area contributed by atoms with E-state index >= 15 is 0 Å². The number of para-hydroxylation sites is 1. The number of hydrogen-bond donors (Lipinski definition) is 1. The van der Waals surface area contributed by atoms with E-state index in [1.54, 1.807) is 30.7 Å². The number of fused-ring (bicyclic) bond motifs is 1. The van der Waals surface area contributed by atoms with Gasteiger partial charge >= 0.3 is 0 Å². The number of aromatic nitrogens is 2. The molecule has 1 N–H and O–H groups in total. The van der Waals surface area contributed by atoms with Crippen LogP contribution in [0, 0.1) is 0 Å². The van der Waals surface area contributed by atoms with Gasteiger partial charge in [-0.05, 0) is 18.2 Å². The third kappa shape index (κ3) is 1.73. The molecule has 17 heavy (non-hydrogen) atoms. The Morgan fingerprint density at radius 2 is 2.24 bits per heavy atom. The number of carbonyl (C=O) groups is 1. The first-order valence-electron chi connectivity index (χ1n) is 5.30. The fraction of sp³-hybridized carbons (Fsp3) is 0.0769. The molecule has 0 bridgehead atoms. The van der Waals surface area contributed by atoms with Gasteiger partial charge in [0, 0.05) is 5.57 Å². The highest BCUT2D eigenvalue weighted by molar-refractivity contribution is 6.13. The van der Waals surface area contributed by atoms with Crippen molar-refractivity contribution < 1.29 is 9.53 Å². The molecule has 0 radical (unpaired) electrons. The first-order chi connectivity index (χ1) is 8.34. The lowest BCUT2D eigenvalue weighted by molar-refractivity contribution is 0.100. The van der Waals surface area contributed by atoms with Crippen molar-refractivity contribution in [3.05, 3.63) is 53.6 Å². The highest BCUT2D eigenvalue weighted by atomic mass is 16.5. The van der Waals surface area contributed by atoms with Crippen molar-refractivity contribution in [2.75, 3.05) is 6.61 Å². The predicted molar refractivity (Wildman–Crippen MR) is 62.8 cm³/mol. The third-order valence-corrected chi connectivity index (χ3v) is 2.66. The molecule has 3 rings (SSSR count). The van der Waals surface area contributed by atoms with Crippen LogP contribution in [0.2, 0.25) is 0 Å². The summed E-state index contributed by atoms with van der Waals surface area (Å²) in [5, 5.41) is 0. The maximum absolute atomic E-state index is 12.2. The molecule has 1 aromatic heterocycles. The zero-order chi connectivity index (χ0) is 11.7. The Morgan fingerprint density at radius 3 is 3.06 bits per heavy atom. The first-order valence-corrected chi connectivity index (χ1v) is 5.30. The van der Waals surface area contributed by atoms with E-state index in [0.717, 1.165) is 5.69 Å². The van der Waals surface area contributed by atoms with E-state index < -0.39 is 0 Å². The highest BCUT2D eigenvalue weighted by Gasteiger charge is 2.22. The molecule has 1 aromatic carbocycles. The minimum absolute atomic E-state index is 0.0152. The summed E-state index contributed by atoms with van der Waals surface area (Å²) >= 11 is 0. The van der Waals surface area contributed by atoms with Crippen molar-refractivity contribution in [3.63, 3.8) is 0 Å². The molecule has 1 aliphatic rings. The number of carbonyl (C=O) groups excluding carboxylic acids is 1. The SMILES string of the molecule is O=C1/C(=C\c2cnc[nH]2)COc2ccccc21. The molecular weight excluding hydrogens is 216 g/mol. The maximum Gasteiger partial charge on any atom is 0.196 e. The van der Waals surface area contributed by atoms with Crippen LogP contribution in [0.15, 0.2) is 42.4 Å². The maximum atomic E-state index is 12.2. The average molecular weight is 226 g/mol. The van der Waals surface area contributed by atoms with Gasteiger partial charge in [0.2, 0.25) is 0 Å². The summed E-state index contributed by atoms with van der Waals surface area (Å²) in [5.74, 6) is 0.667. The number of nitrogens with one attached hydrogen (secondary N) is 1. The Labute approximate surface area is 98.0 Å². The molecule has 0 fully saturated rings. The fourth-order valence-corrected chi connectivity index (χ4v) is 1.81. The molecule has 4 heteroatoms. The normalized spacial score (nSPS) is 16.7. The van der Waals surface area contributed by atoms with Gasteiger partial charge in [-0.15, -0.1) is 0 Å². The molecule has 0 atom stereocenters. The monoisotopic (exact) mass is 226 g/mol. The minimum Gasteiger partial charge on any atom is -0.488 e. The van der Waals surface area contributed by atoms with Crippen LogP contribution in [0.1, 0.15) is 16.1 Å². The summed E-state index contributed by atoms with van der Waals surface area (Å²) in [5.41, 5.74) is 2.05. The second kappa shape index (κ2) is 3.90. The Balaban J connectivity index is 2.00. The van der Waals surface area contributed by atoms with E-state index in [0.29, 0.717) is 23.5 Å². The van der Waals surface area contributed by atoms with Crippen LogP contribution in [0.25, 0.3) is 6.08 Å². The molecule has 2 aromatic rings. The first kappa shape index (κ1) is 9.84. The van der Waals surface area contributed by atoms with E-state index in [1.165, 1.54) is 0 Å². The van der Waals surface area contributed by atoms with E-state index in [9.17, 15) is 4.79 Å². The quantitative estimate of drug-likeness (QED) is 0.757. The van der Waals surface area contributed by atoms with Crippen LogP contribution in [-0.4, -0.2) is 22.4 Å². The lowest BCUT2D eigenvalue weighted by Gasteiger charge is -2.18. The molecule has 4 nitrogen and oxygen atoms in total. The predicted octanol–water partition coefficient (Wildman–Crippen LogP) is 2.07.